The summed E-state index contributed by atoms with van der Waals surface area (Å²) in [6.45, 7) is 2.40. The van der Waals surface area contributed by atoms with E-state index in [0.717, 1.165) is 38.4 Å². The molecule has 2 saturated heterocycles. The van der Waals surface area contributed by atoms with E-state index in [-0.39, 0.29) is 18.4 Å². The van der Waals surface area contributed by atoms with Crippen LogP contribution in [0.4, 0.5) is 4.79 Å². The number of carboxylic acids is 1. The molecule has 19 heavy (non-hydrogen) atoms. The number of nitrogens with zero attached hydrogens (tertiary/aromatic N) is 2. The Balaban J connectivity index is 1.51. The SMILES string of the molecule is O=C(O)CC1CCN(C(=O)N2CC3CCC2C3)CC1. The minimum atomic E-state index is -0.721. The van der Waals surface area contributed by atoms with Crippen LogP contribution < -0.4 is 0 Å². The first-order valence-corrected chi connectivity index (χ1v) is 7.41. The summed E-state index contributed by atoms with van der Waals surface area (Å²) in [6.07, 6.45) is 5.57. The van der Waals surface area contributed by atoms with Gasteiger partial charge >= 0.3 is 12.0 Å². The zero-order chi connectivity index (χ0) is 13.4. The number of piperidine rings is 2. The molecule has 2 amide bonds. The number of carboxylic acid groups (broad SMARTS) is 1. The Morgan fingerprint density at radius 1 is 1.11 bits per heavy atom. The van der Waals surface area contributed by atoms with E-state index in [9.17, 15) is 9.59 Å². The summed E-state index contributed by atoms with van der Waals surface area (Å²) in [7, 11) is 0. The van der Waals surface area contributed by atoms with Crippen LogP contribution in [0.15, 0.2) is 0 Å². The number of hydrogen-bond acceptors (Lipinski definition) is 2. The van der Waals surface area contributed by atoms with E-state index in [1.165, 1.54) is 19.3 Å². The number of urea groups is 1. The fraction of sp³-hybridized carbons (Fsp3) is 0.857. The lowest BCUT2D eigenvalue weighted by Gasteiger charge is -2.37. The predicted octanol–water partition coefficient (Wildman–Crippen LogP) is 1.78. The van der Waals surface area contributed by atoms with Crippen LogP contribution in [0.25, 0.3) is 0 Å². The van der Waals surface area contributed by atoms with Gasteiger partial charge in [-0.1, -0.05) is 0 Å². The first kappa shape index (κ1) is 12.8. The van der Waals surface area contributed by atoms with E-state index in [1.54, 1.807) is 0 Å². The van der Waals surface area contributed by atoms with Gasteiger partial charge < -0.3 is 14.9 Å². The molecule has 1 aliphatic carbocycles. The summed E-state index contributed by atoms with van der Waals surface area (Å²) >= 11 is 0. The molecule has 3 aliphatic rings. The second-order valence-corrected chi connectivity index (χ2v) is 6.30. The van der Waals surface area contributed by atoms with Gasteiger partial charge in [-0.05, 0) is 43.9 Å². The fourth-order valence-electron chi connectivity index (χ4n) is 3.92. The first-order chi connectivity index (χ1) is 9.13. The third kappa shape index (κ3) is 2.55. The smallest absolute Gasteiger partial charge is 0.320 e. The number of aliphatic carboxylic acids is 1. The van der Waals surface area contributed by atoms with Gasteiger partial charge in [-0.3, -0.25) is 4.79 Å². The van der Waals surface area contributed by atoms with Crippen LogP contribution in [0.2, 0.25) is 0 Å². The molecule has 2 unspecified atom stereocenters. The monoisotopic (exact) mass is 266 g/mol. The average Bonchev–Trinajstić information content (AvgIpc) is 3.00. The highest BCUT2D eigenvalue weighted by Gasteiger charge is 2.42. The normalized spacial score (nSPS) is 30.9. The Labute approximate surface area is 113 Å². The van der Waals surface area contributed by atoms with Crippen molar-refractivity contribution < 1.29 is 14.7 Å². The van der Waals surface area contributed by atoms with E-state index in [1.807, 2.05) is 4.90 Å². The molecule has 1 saturated carbocycles. The second-order valence-electron chi connectivity index (χ2n) is 6.30. The maximum atomic E-state index is 12.5. The number of fused-ring (bicyclic) bond motifs is 2. The number of carbonyl (C=O) groups excluding carboxylic acids is 1. The molecule has 0 radical (unpaired) electrons. The third-order valence-electron chi connectivity index (χ3n) is 5.00. The molecule has 0 aromatic heterocycles. The number of carbonyl (C=O) groups is 2. The lowest BCUT2D eigenvalue weighted by Crippen LogP contribution is -2.49. The van der Waals surface area contributed by atoms with Crippen molar-refractivity contribution in [3.63, 3.8) is 0 Å². The molecule has 5 nitrogen and oxygen atoms in total. The maximum absolute atomic E-state index is 12.5. The molecule has 2 aliphatic heterocycles. The maximum Gasteiger partial charge on any atom is 0.320 e. The molecular weight excluding hydrogens is 244 g/mol. The summed E-state index contributed by atoms with van der Waals surface area (Å²) in [5, 5.41) is 8.80. The van der Waals surface area contributed by atoms with Crippen molar-refractivity contribution in [2.75, 3.05) is 19.6 Å². The van der Waals surface area contributed by atoms with E-state index < -0.39 is 5.97 Å². The Bertz CT molecular complexity index is 377. The summed E-state index contributed by atoms with van der Waals surface area (Å²) in [5.74, 6) is 0.261. The van der Waals surface area contributed by atoms with Crippen LogP contribution in [0.1, 0.15) is 38.5 Å². The topological polar surface area (TPSA) is 60.9 Å². The Hall–Kier alpha value is -1.26. The van der Waals surface area contributed by atoms with Crippen molar-refractivity contribution in [3.8, 4) is 0 Å². The van der Waals surface area contributed by atoms with Gasteiger partial charge in [0.15, 0.2) is 0 Å². The zero-order valence-corrected chi connectivity index (χ0v) is 11.3. The zero-order valence-electron chi connectivity index (χ0n) is 11.3. The van der Waals surface area contributed by atoms with Gasteiger partial charge in [-0.25, -0.2) is 4.79 Å². The molecule has 1 N–H and O–H groups in total. The van der Waals surface area contributed by atoms with Crippen molar-refractivity contribution in [2.45, 2.75) is 44.6 Å². The van der Waals surface area contributed by atoms with Gasteiger partial charge in [0, 0.05) is 32.1 Å². The Kier molecular flexibility index (Phi) is 3.37. The molecular formula is C14H22N2O3. The number of likely N-dealkylation sites (tertiary alicyclic amines) is 2. The minimum absolute atomic E-state index is 0.195. The molecule has 3 rings (SSSR count). The number of hydrogen-bond donors (Lipinski definition) is 1. The van der Waals surface area contributed by atoms with E-state index in [4.69, 9.17) is 5.11 Å². The van der Waals surface area contributed by atoms with E-state index in [2.05, 4.69) is 4.90 Å². The van der Waals surface area contributed by atoms with Gasteiger partial charge in [-0.15, -0.1) is 0 Å². The lowest BCUT2D eigenvalue weighted by atomic mass is 9.94. The third-order valence-corrected chi connectivity index (χ3v) is 5.00. The van der Waals surface area contributed by atoms with Crippen LogP contribution in [-0.4, -0.2) is 52.6 Å². The van der Waals surface area contributed by atoms with Crippen molar-refractivity contribution in [1.29, 1.82) is 0 Å². The number of amides is 2. The van der Waals surface area contributed by atoms with Crippen molar-refractivity contribution in [3.05, 3.63) is 0 Å². The van der Waals surface area contributed by atoms with Crippen LogP contribution in [0.3, 0.4) is 0 Å². The highest BCUT2D eigenvalue weighted by Crippen LogP contribution is 2.38. The van der Waals surface area contributed by atoms with Crippen molar-refractivity contribution >= 4 is 12.0 Å². The Morgan fingerprint density at radius 2 is 1.84 bits per heavy atom. The van der Waals surface area contributed by atoms with Crippen molar-refractivity contribution in [1.82, 2.24) is 9.80 Å². The molecule has 5 heteroatoms. The quantitative estimate of drug-likeness (QED) is 0.828. The molecule has 106 valence electrons. The van der Waals surface area contributed by atoms with Gasteiger partial charge in [0.2, 0.25) is 0 Å². The number of rotatable bonds is 2. The minimum Gasteiger partial charge on any atom is -0.481 e. The van der Waals surface area contributed by atoms with Gasteiger partial charge in [0.05, 0.1) is 0 Å². The fourth-order valence-corrected chi connectivity index (χ4v) is 3.92. The summed E-state index contributed by atoms with van der Waals surface area (Å²) < 4.78 is 0. The predicted molar refractivity (Wildman–Crippen MR) is 69.8 cm³/mol. The van der Waals surface area contributed by atoms with E-state index >= 15 is 0 Å². The summed E-state index contributed by atoms with van der Waals surface area (Å²) in [6, 6.07) is 0.676. The van der Waals surface area contributed by atoms with Crippen LogP contribution in [0, 0.1) is 11.8 Å². The van der Waals surface area contributed by atoms with Gasteiger partial charge in [0.1, 0.15) is 0 Å². The average molecular weight is 266 g/mol. The molecule has 0 aromatic rings. The largest absolute Gasteiger partial charge is 0.481 e. The van der Waals surface area contributed by atoms with Crippen LogP contribution in [0.5, 0.6) is 0 Å². The summed E-state index contributed by atoms with van der Waals surface area (Å²) in [5.41, 5.74) is 0. The van der Waals surface area contributed by atoms with E-state index in [0.29, 0.717) is 6.04 Å². The van der Waals surface area contributed by atoms with Crippen molar-refractivity contribution in [2.24, 2.45) is 11.8 Å². The highest BCUT2D eigenvalue weighted by molar-refractivity contribution is 5.75. The Morgan fingerprint density at radius 3 is 2.37 bits per heavy atom. The van der Waals surface area contributed by atoms with Crippen LogP contribution in [-0.2, 0) is 4.79 Å². The van der Waals surface area contributed by atoms with Gasteiger partial charge in [0.25, 0.3) is 0 Å². The molecule has 0 aromatic carbocycles. The highest BCUT2D eigenvalue weighted by atomic mass is 16.4. The standard InChI is InChI=1S/C14H22N2O3/c17-13(18)8-10-3-5-15(6-4-10)14(19)16-9-11-1-2-12(16)7-11/h10-12H,1-9H2,(H,17,18). The second kappa shape index (κ2) is 5.02. The first-order valence-electron chi connectivity index (χ1n) is 7.41. The van der Waals surface area contributed by atoms with Crippen LogP contribution >= 0.6 is 0 Å². The summed E-state index contributed by atoms with van der Waals surface area (Å²) in [4.78, 5) is 27.1. The molecule has 0 spiro atoms. The molecule has 2 bridgehead atoms. The molecule has 2 atom stereocenters. The molecule has 2 heterocycles. The van der Waals surface area contributed by atoms with Gasteiger partial charge in [-0.2, -0.15) is 0 Å². The molecule has 3 fully saturated rings. The lowest BCUT2D eigenvalue weighted by molar-refractivity contribution is -0.138.